The number of halogens is 2. The Morgan fingerprint density at radius 3 is 2.57 bits per heavy atom. The van der Waals surface area contributed by atoms with Gasteiger partial charge in [0.05, 0.1) is 5.56 Å². The van der Waals surface area contributed by atoms with Gasteiger partial charge >= 0.3 is 0 Å². The Balaban J connectivity index is 3.11. The number of ether oxygens (including phenoxy) is 1. The molecule has 0 heterocycles. The average molecular weight is 200 g/mol. The summed E-state index contributed by atoms with van der Waals surface area (Å²) in [5, 5.41) is 0. The zero-order chi connectivity index (χ0) is 10.7. The van der Waals surface area contributed by atoms with Crippen LogP contribution in [0.3, 0.4) is 0 Å². The third-order valence-corrected chi connectivity index (χ3v) is 1.85. The lowest BCUT2D eigenvalue weighted by Crippen LogP contribution is -2.10. The van der Waals surface area contributed by atoms with E-state index in [0.29, 0.717) is 0 Å². The molecule has 0 bridgehead atoms. The standard InChI is InChI=1S/C10H10F2O2/c1-6-3-4-7(8(13)5-14-2)10(12)9(6)11/h3-4H,5H2,1-2H3. The van der Waals surface area contributed by atoms with Crippen molar-refractivity contribution in [2.75, 3.05) is 13.7 Å². The minimum atomic E-state index is -1.10. The van der Waals surface area contributed by atoms with Crippen molar-refractivity contribution in [2.45, 2.75) is 6.92 Å². The Bertz CT molecular complexity index is 361. The number of hydrogen-bond donors (Lipinski definition) is 0. The van der Waals surface area contributed by atoms with Crippen molar-refractivity contribution in [2.24, 2.45) is 0 Å². The van der Waals surface area contributed by atoms with Crippen molar-refractivity contribution in [3.63, 3.8) is 0 Å². The second kappa shape index (κ2) is 4.28. The lowest BCUT2D eigenvalue weighted by Gasteiger charge is -2.04. The van der Waals surface area contributed by atoms with Crippen LogP contribution < -0.4 is 0 Å². The molecule has 0 saturated heterocycles. The fourth-order valence-electron chi connectivity index (χ4n) is 1.07. The SMILES string of the molecule is COCC(=O)c1ccc(C)c(F)c1F. The zero-order valence-electron chi connectivity index (χ0n) is 7.93. The Morgan fingerprint density at radius 2 is 2.00 bits per heavy atom. The van der Waals surface area contributed by atoms with E-state index in [-0.39, 0.29) is 17.7 Å². The van der Waals surface area contributed by atoms with Crippen molar-refractivity contribution in [1.82, 2.24) is 0 Å². The molecule has 1 aromatic rings. The topological polar surface area (TPSA) is 26.3 Å². The van der Waals surface area contributed by atoms with Crippen molar-refractivity contribution >= 4 is 5.78 Å². The van der Waals surface area contributed by atoms with E-state index in [4.69, 9.17) is 0 Å². The molecular weight excluding hydrogens is 190 g/mol. The average Bonchev–Trinajstić information content (AvgIpc) is 2.15. The minimum Gasteiger partial charge on any atom is -0.377 e. The Morgan fingerprint density at radius 1 is 1.36 bits per heavy atom. The Hall–Kier alpha value is -1.29. The summed E-state index contributed by atoms with van der Waals surface area (Å²) in [7, 11) is 1.32. The molecular formula is C10H10F2O2. The van der Waals surface area contributed by atoms with Crippen LogP contribution in [0, 0.1) is 18.6 Å². The largest absolute Gasteiger partial charge is 0.377 e. The molecule has 0 N–H and O–H groups in total. The summed E-state index contributed by atoms with van der Waals surface area (Å²) in [5.41, 5.74) is -0.0913. The first kappa shape index (κ1) is 10.8. The van der Waals surface area contributed by atoms with E-state index in [1.165, 1.54) is 26.2 Å². The third-order valence-electron chi connectivity index (χ3n) is 1.85. The van der Waals surface area contributed by atoms with E-state index in [2.05, 4.69) is 4.74 Å². The second-order valence-electron chi connectivity index (χ2n) is 2.91. The normalized spacial score (nSPS) is 10.3. The van der Waals surface area contributed by atoms with E-state index >= 15 is 0 Å². The van der Waals surface area contributed by atoms with Crippen LogP contribution in [-0.2, 0) is 4.74 Å². The Kier molecular flexibility index (Phi) is 3.30. The summed E-state index contributed by atoms with van der Waals surface area (Å²) < 4.78 is 30.8. The molecule has 4 heteroatoms. The van der Waals surface area contributed by atoms with Crippen LogP contribution in [0.25, 0.3) is 0 Å². The molecule has 0 unspecified atom stereocenters. The lowest BCUT2D eigenvalue weighted by atomic mass is 10.1. The zero-order valence-corrected chi connectivity index (χ0v) is 7.93. The molecule has 0 spiro atoms. The number of hydrogen-bond acceptors (Lipinski definition) is 2. The van der Waals surface area contributed by atoms with Gasteiger partial charge in [0.15, 0.2) is 17.4 Å². The number of Topliss-reactive ketones (excluding diaryl/α,β-unsaturated/α-hetero) is 1. The summed E-state index contributed by atoms with van der Waals surface area (Å²) >= 11 is 0. The number of aryl methyl sites for hydroxylation is 1. The van der Waals surface area contributed by atoms with Crippen LogP contribution in [0.1, 0.15) is 15.9 Å². The maximum Gasteiger partial charge on any atom is 0.191 e. The third kappa shape index (κ3) is 1.96. The van der Waals surface area contributed by atoms with Gasteiger partial charge in [-0.1, -0.05) is 6.07 Å². The van der Waals surface area contributed by atoms with Gasteiger partial charge in [-0.05, 0) is 18.6 Å². The summed E-state index contributed by atoms with van der Waals surface area (Å²) in [6, 6.07) is 2.62. The molecule has 1 aromatic carbocycles. The van der Waals surface area contributed by atoms with E-state index in [1.54, 1.807) is 0 Å². The van der Waals surface area contributed by atoms with Gasteiger partial charge in [0.2, 0.25) is 0 Å². The summed E-state index contributed by atoms with van der Waals surface area (Å²) in [6.45, 7) is 1.18. The molecule has 0 aliphatic carbocycles. The van der Waals surface area contributed by atoms with E-state index in [0.717, 1.165) is 0 Å². The minimum absolute atomic E-state index is 0.177. The monoisotopic (exact) mass is 200 g/mol. The summed E-state index contributed by atoms with van der Waals surface area (Å²) in [5.74, 6) is -2.65. The molecule has 0 aromatic heterocycles. The summed E-state index contributed by atoms with van der Waals surface area (Å²) in [6.07, 6.45) is 0. The van der Waals surface area contributed by atoms with E-state index in [1.807, 2.05) is 0 Å². The molecule has 76 valence electrons. The van der Waals surface area contributed by atoms with Crippen LogP contribution in [-0.4, -0.2) is 19.5 Å². The molecule has 2 nitrogen and oxygen atoms in total. The highest BCUT2D eigenvalue weighted by Crippen LogP contribution is 2.15. The maximum absolute atomic E-state index is 13.2. The smallest absolute Gasteiger partial charge is 0.191 e. The van der Waals surface area contributed by atoms with Crippen molar-refractivity contribution in [1.29, 1.82) is 0 Å². The highest BCUT2D eigenvalue weighted by Gasteiger charge is 2.16. The van der Waals surface area contributed by atoms with Gasteiger partial charge in [-0.3, -0.25) is 4.79 Å². The van der Waals surface area contributed by atoms with Gasteiger partial charge in [-0.25, -0.2) is 8.78 Å². The first-order valence-electron chi connectivity index (χ1n) is 4.04. The first-order chi connectivity index (χ1) is 6.57. The number of rotatable bonds is 3. The molecule has 0 saturated carbocycles. The van der Waals surface area contributed by atoms with Crippen LogP contribution in [0.5, 0.6) is 0 Å². The Labute approximate surface area is 80.5 Å². The van der Waals surface area contributed by atoms with Gasteiger partial charge in [0, 0.05) is 7.11 Å². The van der Waals surface area contributed by atoms with Gasteiger partial charge in [-0.2, -0.15) is 0 Å². The first-order valence-corrected chi connectivity index (χ1v) is 4.04. The molecule has 0 atom stereocenters. The van der Waals surface area contributed by atoms with Gasteiger partial charge in [-0.15, -0.1) is 0 Å². The fraction of sp³-hybridized carbons (Fsp3) is 0.300. The molecule has 0 aliphatic rings. The van der Waals surface area contributed by atoms with Crippen LogP contribution in [0.4, 0.5) is 8.78 Å². The molecule has 0 radical (unpaired) electrons. The molecule has 1 rings (SSSR count). The van der Waals surface area contributed by atoms with Gasteiger partial charge in [0.25, 0.3) is 0 Å². The molecule has 14 heavy (non-hydrogen) atoms. The maximum atomic E-state index is 13.2. The highest BCUT2D eigenvalue weighted by atomic mass is 19.2. The molecule has 0 aliphatic heterocycles. The number of ketones is 1. The van der Waals surface area contributed by atoms with Crippen molar-refractivity contribution in [3.05, 3.63) is 34.9 Å². The predicted octanol–water partition coefficient (Wildman–Crippen LogP) is 2.10. The lowest BCUT2D eigenvalue weighted by molar-refractivity contribution is 0.0843. The quantitative estimate of drug-likeness (QED) is 0.698. The number of carbonyl (C=O) groups excluding carboxylic acids is 1. The number of benzene rings is 1. The van der Waals surface area contributed by atoms with Crippen molar-refractivity contribution < 1.29 is 18.3 Å². The number of carbonyl (C=O) groups is 1. The van der Waals surface area contributed by atoms with E-state index in [9.17, 15) is 13.6 Å². The van der Waals surface area contributed by atoms with Crippen molar-refractivity contribution in [3.8, 4) is 0 Å². The molecule has 0 amide bonds. The fourth-order valence-corrected chi connectivity index (χ4v) is 1.07. The van der Waals surface area contributed by atoms with E-state index < -0.39 is 17.4 Å². The number of methoxy groups -OCH3 is 1. The van der Waals surface area contributed by atoms with Crippen LogP contribution in [0.15, 0.2) is 12.1 Å². The summed E-state index contributed by atoms with van der Waals surface area (Å²) in [4.78, 5) is 11.2. The molecule has 0 fully saturated rings. The van der Waals surface area contributed by atoms with Gasteiger partial charge < -0.3 is 4.74 Å². The highest BCUT2D eigenvalue weighted by molar-refractivity contribution is 5.97. The van der Waals surface area contributed by atoms with Crippen LogP contribution in [0.2, 0.25) is 0 Å². The van der Waals surface area contributed by atoms with Gasteiger partial charge in [0.1, 0.15) is 6.61 Å². The second-order valence-corrected chi connectivity index (χ2v) is 2.91. The predicted molar refractivity (Wildman–Crippen MR) is 47.3 cm³/mol. The van der Waals surface area contributed by atoms with Crippen LogP contribution >= 0.6 is 0 Å².